The fraction of sp³-hybridized carbons (Fsp3) is 0. The van der Waals surface area contributed by atoms with Crippen LogP contribution in [0, 0.1) is 0 Å². The molecule has 0 amide bonds. The zero-order valence-electron chi connectivity index (χ0n) is 16.4. The molecule has 5 aromatic rings. The Hall–Kier alpha value is -3.49. The van der Waals surface area contributed by atoms with Crippen LogP contribution in [0.15, 0.2) is 146 Å². The van der Waals surface area contributed by atoms with Gasteiger partial charge < -0.3 is 4.42 Å². The van der Waals surface area contributed by atoms with Crippen LogP contribution in [-0.2, 0) is 0 Å². The molecule has 1 aromatic heterocycles. The van der Waals surface area contributed by atoms with Crippen molar-refractivity contribution in [2.24, 2.45) is 0 Å². The zero-order chi connectivity index (χ0) is 20.0. The van der Waals surface area contributed by atoms with Crippen LogP contribution in [0.4, 0.5) is 0 Å². The third-order valence-electron chi connectivity index (χ3n) is 5.82. The van der Waals surface area contributed by atoms with Crippen LogP contribution in [0.1, 0.15) is 0 Å². The first-order valence-electron chi connectivity index (χ1n) is 10.1. The minimum absolute atomic E-state index is 0.906. The van der Waals surface area contributed by atoms with E-state index in [1.54, 1.807) is 6.26 Å². The molecule has 0 aliphatic carbocycles. The van der Waals surface area contributed by atoms with E-state index in [0.29, 0.717) is 0 Å². The molecule has 0 unspecified atom stereocenters. The minimum atomic E-state index is -1.59. The van der Waals surface area contributed by atoms with Crippen LogP contribution >= 0.6 is 10.0 Å². The molecule has 144 valence electrons. The van der Waals surface area contributed by atoms with Crippen molar-refractivity contribution in [2.75, 3.05) is 0 Å². The molecule has 1 nitrogen and oxygen atoms in total. The van der Waals surface area contributed by atoms with Gasteiger partial charge >= 0.3 is 0 Å². The van der Waals surface area contributed by atoms with Gasteiger partial charge in [-0.15, -0.1) is 10.0 Å². The molecule has 0 radical (unpaired) electrons. The third-order valence-corrected chi connectivity index (χ3v) is 9.79. The second-order valence-electron chi connectivity index (χ2n) is 7.42. The second kappa shape index (κ2) is 6.79. The predicted molar refractivity (Wildman–Crippen MR) is 123 cm³/mol. The van der Waals surface area contributed by atoms with Gasteiger partial charge in [0.15, 0.2) is 0 Å². The van der Waals surface area contributed by atoms with Crippen LogP contribution in [0.5, 0.6) is 0 Å². The molecule has 0 N–H and O–H groups in total. The molecule has 0 bridgehead atoms. The molecule has 1 aliphatic heterocycles. The topological polar surface area (TPSA) is 13.1 Å². The van der Waals surface area contributed by atoms with Gasteiger partial charge in [0.1, 0.15) is 5.76 Å². The fourth-order valence-corrected chi connectivity index (χ4v) is 8.82. The lowest BCUT2D eigenvalue weighted by Crippen LogP contribution is -2.01. The summed E-state index contributed by atoms with van der Waals surface area (Å²) in [5.41, 5.74) is 3.78. The molecule has 1 aliphatic rings. The maximum absolute atomic E-state index is 5.75. The van der Waals surface area contributed by atoms with E-state index in [0.717, 1.165) is 11.3 Å². The number of fused-ring (bicyclic) bond motifs is 3. The number of benzene rings is 4. The van der Waals surface area contributed by atoms with Crippen molar-refractivity contribution in [1.82, 2.24) is 0 Å². The molecule has 30 heavy (non-hydrogen) atoms. The summed E-state index contributed by atoms with van der Waals surface area (Å²) in [5, 5.41) is 0. The molecule has 0 spiro atoms. The Morgan fingerprint density at radius 3 is 1.80 bits per heavy atom. The zero-order valence-corrected chi connectivity index (χ0v) is 17.2. The van der Waals surface area contributed by atoms with Gasteiger partial charge in [0.25, 0.3) is 0 Å². The highest BCUT2D eigenvalue weighted by molar-refractivity contribution is 8.34. The number of furan rings is 1. The summed E-state index contributed by atoms with van der Waals surface area (Å²) in [6, 6.07) is 41.7. The van der Waals surface area contributed by atoms with E-state index < -0.39 is 10.0 Å². The minimum Gasteiger partial charge on any atom is -0.464 e. The van der Waals surface area contributed by atoms with E-state index in [1.165, 1.54) is 30.7 Å². The maximum atomic E-state index is 5.75. The highest BCUT2D eigenvalue weighted by Crippen LogP contribution is 2.80. The summed E-state index contributed by atoms with van der Waals surface area (Å²) in [4.78, 5) is 5.52. The van der Waals surface area contributed by atoms with Crippen LogP contribution in [0.2, 0.25) is 0 Å². The molecule has 0 saturated carbocycles. The lowest BCUT2D eigenvalue weighted by molar-refractivity contribution is 0.582. The van der Waals surface area contributed by atoms with Gasteiger partial charge in [-0.1, -0.05) is 66.7 Å². The van der Waals surface area contributed by atoms with Gasteiger partial charge in [-0.3, -0.25) is 0 Å². The highest BCUT2D eigenvalue weighted by Gasteiger charge is 2.41. The largest absolute Gasteiger partial charge is 0.464 e. The summed E-state index contributed by atoms with van der Waals surface area (Å²) in [6.07, 6.45) is 1.74. The van der Waals surface area contributed by atoms with E-state index in [9.17, 15) is 0 Å². The Morgan fingerprint density at radius 1 is 0.500 bits per heavy atom. The Kier molecular flexibility index (Phi) is 3.93. The van der Waals surface area contributed by atoms with Crippen molar-refractivity contribution in [3.8, 4) is 22.5 Å². The van der Waals surface area contributed by atoms with E-state index in [1.807, 2.05) is 12.1 Å². The summed E-state index contributed by atoms with van der Waals surface area (Å²) in [5.74, 6) is 0.906. The summed E-state index contributed by atoms with van der Waals surface area (Å²) >= 11 is 0. The van der Waals surface area contributed by atoms with Crippen LogP contribution in [0.25, 0.3) is 22.5 Å². The molecule has 0 fully saturated rings. The van der Waals surface area contributed by atoms with Crippen molar-refractivity contribution in [1.29, 1.82) is 0 Å². The quantitative estimate of drug-likeness (QED) is 0.289. The molecule has 0 saturated heterocycles. The molecule has 2 heterocycles. The normalized spacial score (nSPS) is 14.7. The van der Waals surface area contributed by atoms with E-state index in [-0.39, 0.29) is 0 Å². The van der Waals surface area contributed by atoms with Crippen LogP contribution in [0.3, 0.4) is 0 Å². The van der Waals surface area contributed by atoms with Gasteiger partial charge in [-0.25, -0.2) is 0 Å². The summed E-state index contributed by atoms with van der Waals surface area (Å²) in [6.45, 7) is 0. The fourth-order valence-electron chi connectivity index (χ4n) is 4.56. The van der Waals surface area contributed by atoms with E-state index in [2.05, 4.69) is 103 Å². The summed E-state index contributed by atoms with van der Waals surface area (Å²) in [7, 11) is -1.59. The highest BCUT2D eigenvalue weighted by atomic mass is 32.3. The smallest absolute Gasteiger partial charge is 0.133 e. The van der Waals surface area contributed by atoms with Gasteiger partial charge in [-0.2, -0.15) is 0 Å². The average molecular weight is 405 g/mol. The Morgan fingerprint density at radius 2 is 1.13 bits per heavy atom. The van der Waals surface area contributed by atoms with Crippen molar-refractivity contribution in [3.63, 3.8) is 0 Å². The lowest BCUT2D eigenvalue weighted by atomic mass is 10.0. The first-order valence-corrected chi connectivity index (χ1v) is 11.7. The van der Waals surface area contributed by atoms with Gasteiger partial charge in [0.2, 0.25) is 0 Å². The predicted octanol–water partition coefficient (Wildman–Crippen LogP) is 8.27. The Balaban J connectivity index is 1.76. The first-order chi connectivity index (χ1) is 14.9. The second-order valence-corrected chi connectivity index (χ2v) is 10.5. The van der Waals surface area contributed by atoms with E-state index >= 15 is 0 Å². The standard InChI is InChI=1S/C28H20OS/c1-3-10-22(11-4-1)30(23-12-5-2-6-13-23)27-16-8-7-14-24(27)25-18-17-21(20-28(25)30)26-15-9-19-29-26/h1-20H. The number of hydrogen-bond donors (Lipinski definition) is 0. The first kappa shape index (κ1) is 17.4. The Labute approximate surface area is 178 Å². The van der Waals surface area contributed by atoms with Gasteiger partial charge in [-0.05, 0) is 59.7 Å². The van der Waals surface area contributed by atoms with Crippen molar-refractivity contribution < 1.29 is 4.42 Å². The molecule has 0 atom stereocenters. The molecule has 2 heteroatoms. The number of hydrogen-bond acceptors (Lipinski definition) is 1. The lowest BCUT2D eigenvalue weighted by Gasteiger charge is -2.39. The van der Waals surface area contributed by atoms with Crippen molar-refractivity contribution >= 4 is 10.0 Å². The molecular formula is C28H20OS. The van der Waals surface area contributed by atoms with Gasteiger partial charge in [0.05, 0.1) is 6.26 Å². The van der Waals surface area contributed by atoms with Crippen molar-refractivity contribution in [2.45, 2.75) is 19.6 Å². The maximum Gasteiger partial charge on any atom is 0.133 e. The van der Waals surface area contributed by atoms with Crippen LogP contribution in [-0.4, -0.2) is 0 Å². The van der Waals surface area contributed by atoms with Gasteiger partial charge in [0, 0.05) is 25.1 Å². The summed E-state index contributed by atoms with van der Waals surface area (Å²) < 4.78 is 5.75. The molecule has 6 rings (SSSR count). The molecule has 4 aromatic carbocycles. The third kappa shape index (κ3) is 2.38. The van der Waals surface area contributed by atoms with E-state index in [4.69, 9.17) is 4.42 Å². The Bertz CT molecular complexity index is 1280. The monoisotopic (exact) mass is 404 g/mol. The van der Waals surface area contributed by atoms with Crippen LogP contribution < -0.4 is 0 Å². The number of rotatable bonds is 3. The average Bonchev–Trinajstić information content (AvgIpc) is 3.46. The van der Waals surface area contributed by atoms with Crippen molar-refractivity contribution in [3.05, 3.63) is 122 Å². The molecular weight excluding hydrogens is 384 g/mol. The SMILES string of the molecule is c1ccc(S2(c3ccccc3)c3ccccc3-c3ccc(-c4ccco4)cc32)cc1.